The Morgan fingerprint density at radius 1 is 0.500 bits per heavy atom. The van der Waals surface area contributed by atoms with Crippen LogP contribution >= 0.6 is 0 Å². The van der Waals surface area contributed by atoms with E-state index in [-0.39, 0.29) is 0 Å². The molecule has 3 aromatic rings. The van der Waals surface area contributed by atoms with Gasteiger partial charge in [0.25, 0.3) is 0 Å². The lowest BCUT2D eigenvalue weighted by molar-refractivity contribution is 0.241. The van der Waals surface area contributed by atoms with Crippen LogP contribution in [-0.2, 0) is 9.68 Å². The number of anilines is 2. The van der Waals surface area contributed by atoms with E-state index in [1.807, 2.05) is 97.3 Å². The van der Waals surface area contributed by atoms with Crippen molar-refractivity contribution >= 4 is 22.9 Å². The Balaban J connectivity index is 1.24. The maximum absolute atomic E-state index is 5.89. The van der Waals surface area contributed by atoms with Crippen molar-refractivity contribution in [2.24, 2.45) is 0 Å². The number of benzene rings is 3. The topological polar surface area (TPSA) is 49.0 Å². The number of rotatable bonds is 4. The number of nitrogens with zero attached hydrogens (tertiary/aromatic N) is 2. The average Bonchev–Trinajstić information content (AvgIpc) is 3.46. The fourth-order valence-corrected chi connectivity index (χ4v) is 2.99. The van der Waals surface area contributed by atoms with Gasteiger partial charge in [0.15, 0.2) is 11.5 Å². The molecule has 0 aliphatic carbocycles. The van der Waals surface area contributed by atoms with Crippen LogP contribution in [0.15, 0.2) is 97.3 Å². The van der Waals surface area contributed by atoms with Crippen LogP contribution in [0.1, 0.15) is 11.1 Å². The van der Waals surface area contributed by atoms with Crippen LogP contribution in [0.25, 0.3) is 11.5 Å². The van der Waals surface area contributed by atoms with E-state index >= 15 is 0 Å². The molecule has 28 heavy (non-hydrogen) atoms. The molecule has 6 heteroatoms. The van der Waals surface area contributed by atoms with Gasteiger partial charge in [-0.05, 0) is 24.3 Å². The Morgan fingerprint density at radius 3 is 1.29 bits per heavy atom. The summed E-state index contributed by atoms with van der Waals surface area (Å²) in [5, 5.41) is 3.25. The molecule has 0 spiro atoms. The van der Waals surface area contributed by atoms with Gasteiger partial charge in [-0.25, -0.2) is 0 Å². The molecule has 0 saturated heterocycles. The summed E-state index contributed by atoms with van der Waals surface area (Å²) in [6, 6.07) is 27.7. The molecule has 2 aliphatic rings. The first-order valence-corrected chi connectivity index (χ1v) is 8.97. The molecule has 0 amide bonds. The molecule has 0 saturated carbocycles. The minimum absolute atomic E-state index is 0.769. The molecule has 0 radical (unpaired) electrons. The quantitative estimate of drug-likeness (QED) is 0.718. The number of nitrogens with one attached hydrogen (secondary N) is 2. The van der Waals surface area contributed by atoms with Crippen LogP contribution in [0.5, 0.6) is 0 Å². The first kappa shape index (κ1) is 16.1. The molecule has 0 aromatic heterocycles. The molecular formula is C22H18N4O2. The molecule has 138 valence electrons. The highest BCUT2D eigenvalue weighted by Crippen LogP contribution is 2.29. The summed E-state index contributed by atoms with van der Waals surface area (Å²) in [6.07, 6.45) is 3.68. The minimum Gasteiger partial charge on any atom is -0.357 e. The molecule has 0 unspecified atom stereocenters. The predicted octanol–water partition coefficient (Wildman–Crippen LogP) is 4.20. The first-order valence-electron chi connectivity index (χ1n) is 8.97. The van der Waals surface area contributed by atoms with Gasteiger partial charge >= 0.3 is 0 Å². The molecular weight excluding hydrogens is 352 g/mol. The van der Waals surface area contributed by atoms with Crippen molar-refractivity contribution in [2.75, 3.05) is 10.3 Å². The summed E-state index contributed by atoms with van der Waals surface area (Å²) >= 11 is 0. The van der Waals surface area contributed by atoms with Crippen molar-refractivity contribution in [3.8, 4) is 0 Å². The van der Waals surface area contributed by atoms with Crippen molar-refractivity contribution in [2.45, 2.75) is 0 Å². The van der Waals surface area contributed by atoms with Gasteiger partial charge in [-0.15, -0.1) is 10.3 Å². The fourth-order valence-electron chi connectivity index (χ4n) is 2.99. The standard InChI is InChI=1S/C22H18N4O2/c1-3-7-17(8-4-1)21-15-23-25(27-21)19-11-13-20(14-12-19)26-24-16-22(28-26)18-9-5-2-6-10-18/h1-16,23-24H. The van der Waals surface area contributed by atoms with Gasteiger partial charge in [-0.1, -0.05) is 60.7 Å². The van der Waals surface area contributed by atoms with Gasteiger partial charge in [0.2, 0.25) is 0 Å². The fraction of sp³-hybridized carbons (Fsp3) is 0. The predicted molar refractivity (Wildman–Crippen MR) is 109 cm³/mol. The van der Waals surface area contributed by atoms with E-state index < -0.39 is 0 Å². The molecule has 5 rings (SSSR count). The molecule has 0 bridgehead atoms. The Labute approximate surface area is 162 Å². The second-order valence-electron chi connectivity index (χ2n) is 6.30. The molecule has 2 N–H and O–H groups in total. The third kappa shape index (κ3) is 3.07. The van der Waals surface area contributed by atoms with Crippen LogP contribution in [0.2, 0.25) is 0 Å². The van der Waals surface area contributed by atoms with Crippen LogP contribution < -0.4 is 21.2 Å². The Bertz CT molecular complexity index is 933. The zero-order valence-corrected chi connectivity index (χ0v) is 14.9. The van der Waals surface area contributed by atoms with E-state index in [9.17, 15) is 0 Å². The van der Waals surface area contributed by atoms with E-state index in [0.29, 0.717) is 0 Å². The van der Waals surface area contributed by atoms with Crippen LogP contribution in [0.4, 0.5) is 11.4 Å². The van der Waals surface area contributed by atoms with Gasteiger partial charge in [-0.2, -0.15) is 0 Å². The monoisotopic (exact) mass is 370 g/mol. The highest BCUT2D eigenvalue weighted by atomic mass is 16.7. The molecule has 2 aliphatic heterocycles. The van der Waals surface area contributed by atoms with Crippen molar-refractivity contribution in [1.82, 2.24) is 10.9 Å². The van der Waals surface area contributed by atoms with E-state index in [1.165, 1.54) is 0 Å². The van der Waals surface area contributed by atoms with Gasteiger partial charge in [0.05, 0.1) is 23.8 Å². The summed E-state index contributed by atoms with van der Waals surface area (Å²) in [6.45, 7) is 0. The number of hydrogen-bond donors (Lipinski definition) is 2. The third-order valence-electron chi connectivity index (χ3n) is 4.44. The van der Waals surface area contributed by atoms with E-state index in [2.05, 4.69) is 10.9 Å². The Kier molecular flexibility index (Phi) is 3.99. The summed E-state index contributed by atoms with van der Waals surface area (Å²) in [5.41, 5.74) is 10.0. The third-order valence-corrected chi connectivity index (χ3v) is 4.44. The SMILES string of the molecule is C1=C(c2ccccc2)ON(c2ccc(N3NC=C(c4ccccc4)O3)cc2)N1. The first-order chi connectivity index (χ1) is 13.9. The van der Waals surface area contributed by atoms with Crippen LogP contribution in [-0.4, -0.2) is 0 Å². The normalized spacial score (nSPS) is 15.1. The van der Waals surface area contributed by atoms with Gasteiger partial charge in [0, 0.05) is 11.1 Å². The van der Waals surface area contributed by atoms with Crippen molar-refractivity contribution < 1.29 is 9.68 Å². The molecule has 0 fully saturated rings. The largest absolute Gasteiger partial charge is 0.357 e. The summed E-state index contributed by atoms with van der Waals surface area (Å²) in [7, 11) is 0. The lowest BCUT2D eigenvalue weighted by Crippen LogP contribution is -2.29. The minimum atomic E-state index is 0.769. The molecule has 0 atom stereocenters. The summed E-state index contributed by atoms with van der Waals surface area (Å²) in [4.78, 5) is 11.8. The highest BCUT2D eigenvalue weighted by Gasteiger charge is 2.20. The smallest absolute Gasteiger partial charge is 0.182 e. The average molecular weight is 370 g/mol. The second-order valence-corrected chi connectivity index (χ2v) is 6.30. The van der Waals surface area contributed by atoms with Crippen molar-refractivity contribution in [3.05, 3.63) is 108 Å². The Morgan fingerprint density at radius 2 is 0.893 bits per heavy atom. The zero-order chi connectivity index (χ0) is 18.8. The van der Waals surface area contributed by atoms with Gasteiger partial charge < -0.3 is 9.68 Å². The zero-order valence-electron chi connectivity index (χ0n) is 14.9. The van der Waals surface area contributed by atoms with Crippen molar-refractivity contribution in [1.29, 1.82) is 0 Å². The lowest BCUT2D eigenvalue weighted by atomic mass is 10.2. The Hall–Kier alpha value is -4.06. The van der Waals surface area contributed by atoms with Crippen LogP contribution in [0, 0.1) is 0 Å². The van der Waals surface area contributed by atoms with Crippen molar-refractivity contribution in [3.63, 3.8) is 0 Å². The van der Waals surface area contributed by atoms with E-state index in [4.69, 9.17) is 9.68 Å². The maximum Gasteiger partial charge on any atom is 0.182 e. The maximum atomic E-state index is 5.89. The number of hydrazine groups is 2. The summed E-state index contributed by atoms with van der Waals surface area (Å²) in [5.74, 6) is 1.54. The van der Waals surface area contributed by atoms with E-state index in [0.717, 1.165) is 34.0 Å². The lowest BCUT2D eigenvalue weighted by Gasteiger charge is -2.21. The van der Waals surface area contributed by atoms with Crippen LogP contribution in [0.3, 0.4) is 0 Å². The molecule has 3 aromatic carbocycles. The highest BCUT2D eigenvalue weighted by molar-refractivity contribution is 5.66. The molecule has 2 heterocycles. The van der Waals surface area contributed by atoms with Gasteiger partial charge in [0.1, 0.15) is 0 Å². The number of hydrogen-bond acceptors (Lipinski definition) is 6. The van der Waals surface area contributed by atoms with E-state index in [1.54, 1.807) is 10.3 Å². The second kappa shape index (κ2) is 6.92. The molecule has 6 nitrogen and oxygen atoms in total. The summed E-state index contributed by atoms with van der Waals surface area (Å²) < 4.78 is 0. The van der Waals surface area contributed by atoms with Gasteiger partial charge in [-0.3, -0.25) is 10.9 Å².